The van der Waals surface area contributed by atoms with Crippen molar-refractivity contribution in [1.82, 2.24) is 35.1 Å². The number of nitrogens with two attached hydrogens (primary N) is 1. The summed E-state index contributed by atoms with van der Waals surface area (Å²) in [6.45, 7) is 11.0. The Bertz CT molecular complexity index is 3940. The summed E-state index contributed by atoms with van der Waals surface area (Å²) in [4.78, 5) is 72.2. The molecule has 98 heavy (non-hydrogen) atoms. The Hall–Kier alpha value is -6.26. The number of carboxylic acids is 1. The largest absolute Gasteiger partial charge is 0.478 e. The maximum absolute atomic E-state index is 13.9. The summed E-state index contributed by atoms with van der Waals surface area (Å²) < 4.78 is 67.8. The molecule has 2 unspecified atom stereocenters. The number of aromatic carboxylic acids is 1. The summed E-state index contributed by atoms with van der Waals surface area (Å²) in [6.07, 6.45) is 13.1. The average molecular weight is 1450 g/mol. The van der Waals surface area contributed by atoms with Crippen LogP contribution in [0.4, 0.5) is 21.1 Å². The van der Waals surface area contributed by atoms with E-state index in [1.807, 2.05) is 10.8 Å². The number of anilines is 2. The number of amides is 3. The number of nitrogen functional groups attached to an aromatic ring is 1. The minimum absolute atomic E-state index is 0.0249. The first-order chi connectivity index (χ1) is 47.6. The minimum atomic E-state index is -3.14. The van der Waals surface area contributed by atoms with Gasteiger partial charge in [0.15, 0.2) is 0 Å². The van der Waals surface area contributed by atoms with Crippen LogP contribution >= 0.6 is 51.4 Å². The normalized spacial score (nSPS) is 17.8. The monoisotopic (exact) mass is 1440 g/mol. The first-order valence-corrected chi connectivity index (χ1v) is 39.8. The number of carbonyl (C=O) groups excluding carboxylic acids is 3. The van der Waals surface area contributed by atoms with Crippen molar-refractivity contribution in [2.45, 2.75) is 121 Å². The smallest absolute Gasteiger partial charge is 0.407 e. The standard InChI is InChI=1S/C68H86N9O16PS4/c1-68(2,98-97-41-87-26-4-5-27-88-66(81)71-19-6-11-46-37-77(63-56(46)62(69)73-40-74-63)38-47-36-54(90-42-96-95-3)55(92-47)39-91-94(83)84)18-28-89-67(82)72-21-30-86-32-31-85-29-20-70-64(78)45-16-17-48(65(79)80)51(35-45)57-52-33-43-12-7-22-75-24-9-14-49(58(43)75)60(52)93-61-50-15-10-25-76-23-8-13-44(59(50)76)34-53(57)61/h16-17,33-35,37,40,47,54-55,94H,4-5,7-10,12-15,18-32,36,38-39,41-42H2,1-3H3,(H6-,69,70,71,72,73,74,78,79,80,81,82,83,84)/p+1/t47-,54?,55-/m1/s1. The van der Waals surface area contributed by atoms with Crippen molar-refractivity contribution >= 4 is 104 Å². The lowest BCUT2D eigenvalue weighted by molar-refractivity contribution is -0.0345. The molecule has 6 aliphatic rings. The van der Waals surface area contributed by atoms with Crippen LogP contribution in [0.3, 0.4) is 0 Å². The quantitative estimate of drug-likeness (QED) is 0.00565. The molecule has 3 aromatic carbocycles. The zero-order chi connectivity index (χ0) is 68.5. The second-order valence-electron chi connectivity index (χ2n) is 25.1. The van der Waals surface area contributed by atoms with Crippen LogP contribution in [0, 0.1) is 11.8 Å². The molecule has 0 bridgehead atoms. The van der Waals surface area contributed by atoms with Crippen LogP contribution in [0.2, 0.25) is 0 Å². The third-order valence-corrected chi connectivity index (χ3v) is 22.8. The van der Waals surface area contributed by atoms with E-state index in [1.165, 1.54) is 39.6 Å². The van der Waals surface area contributed by atoms with Crippen LogP contribution in [0.25, 0.3) is 16.6 Å². The lowest BCUT2D eigenvalue weighted by Gasteiger charge is -2.39. The first kappa shape index (κ1) is 73.0. The highest BCUT2D eigenvalue weighted by molar-refractivity contribution is 8.77. The van der Waals surface area contributed by atoms with E-state index >= 15 is 0 Å². The SMILES string of the molecule is CSSCOC1C[C@H](Cn2cc(C#CCNC(=O)OCCCCOCSSC(C)(C)CCOC(=O)NCCOCCOCCNC(=O)c3ccc(C(=O)O)c(C4=c5cc6c7c(c5Oc5c4cc4c8c5CCCN8CCC4)CCC[N+]=7CCC6)c3)c3c(N)ncnc32)O[C@@H]1CO[PH](=O)O. The maximum Gasteiger partial charge on any atom is 0.407 e. The molecule has 8 heterocycles. The first-order valence-electron chi connectivity index (χ1n) is 33.4. The number of unbranched alkanes of at least 4 members (excludes halogenated alkanes) is 1. The topological polar surface area (TPSA) is 308 Å². The summed E-state index contributed by atoms with van der Waals surface area (Å²) >= 11 is 0. The summed E-state index contributed by atoms with van der Waals surface area (Å²) in [5.41, 5.74) is 16.3. The van der Waals surface area contributed by atoms with Gasteiger partial charge in [0.05, 0.1) is 93.6 Å². The van der Waals surface area contributed by atoms with E-state index in [-0.39, 0.29) is 100 Å². The number of aromatic nitrogens is 3. The second kappa shape index (κ2) is 35.4. The van der Waals surface area contributed by atoms with Crippen molar-refractivity contribution in [1.29, 1.82) is 0 Å². The van der Waals surface area contributed by atoms with Gasteiger partial charge in [-0.2, -0.15) is 0 Å². The van der Waals surface area contributed by atoms with Crippen molar-refractivity contribution in [3.63, 3.8) is 0 Å². The van der Waals surface area contributed by atoms with Gasteiger partial charge in [0, 0.05) is 102 Å². The fourth-order valence-corrected chi connectivity index (χ4v) is 16.8. The van der Waals surface area contributed by atoms with Gasteiger partial charge in [0.2, 0.25) is 5.36 Å². The minimum Gasteiger partial charge on any atom is -0.478 e. The molecule has 30 heteroatoms. The molecule has 2 aromatic heterocycles. The van der Waals surface area contributed by atoms with Crippen molar-refractivity contribution < 1.29 is 76.2 Å². The van der Waals surface area contributed by atoms with Crippen molar-refractivity contribution in [3.8, 4) is 23.3 Å². The average Bonchev–Trinajstić information content (AvgIpc) is 0.848. The molecular formula is C68H87N9O16PS4+. The molecule has 3 amide bonds. The summed E-state index contributed by atoms with van der Waals surface area (Å²) in [5.74, 6) is 7.40. The molecule has 6 aliphatic heterocycles. The molecule has 1 saturated heterocycles. The van der Waals surface area contributed by atoms with Gasteiger partial charge < -0.3 is 83.6 Å². The van der Waals surface area contributed by atoms with Gasteiger partial charge in [-0.15, -0.1) is 0 Å². The zero-order valence-electron chi connectivity index (χ0n) is 55.5. The predicted octanol–water partition coefficient (Wildman–Crippen LogP) is 7.63. The lowest BCUT2D eigenvalue weighted by Crippen LogP contribution is -2.45. The number of nitrogens with zero attached hydrogens (tertiary/aromatic N) is 5. The van der Waals surface area contributed by atoms with Crippen LogP contribution < -0.4 is 46.5 Å². The summed E-state index contributed by atoms with van der Waals surface area (Å²) in [7, 11) is 3.19. The maximum atomic E-state index is 13.9. The zero-order valence-corrected chi connectivity index (χ0v) is 59.8. The highest BCUT2D eigenvalue weighted by Gasteiger charge is 2.39. The molecule has 4 atom stereocenters. The Morgan fingerprint density at radius 3 is 2.40 bits per heavy atom. The van der Waals surface area contributed by atoms with Crippen LogP contribution in [0.15, 0.2) is 42.9 Å². The molecule has 5 aromatic rings. The van der Waals surface area contributed by atoms with Crippen molar-refractivity contribution in [3.05, 3.63) is 104 Å². The third-order valence-electron chi connectivity index (χ3n) is 17.9. The number of hydrogen-bond acceptors (Lipinski definition) is 22. The number of hydrogen-bond donors (Lipinski definition) is 6. The molecule has 0 radical (unpaired) electrons. The number of alkyl carbamates (subject to hydrolysis) is 2. The van der Waals surface area contributed by atoms with Crippen molar-refractivity contribution in [2.24, 2.45) is 0 Å². The van der Waals surface area contributed by atoms with Gasteiger partial charge in [-0.05, 0) is 119 Å². The van der Waals surface area contributed by atoms with E-state index in [9.17, 15) is 33.7 Å². The Labute approximate surface area is 586 Å². The van der Waals surface area contributed by atoms with Gasteiger partial charge in [0.1, 0.15) is 60.4 Å². The second-order valence-corrected chi connectivity index (χ2v) is 31.3. The number of nitrogens with one attached hydrogen (secondary N) is 3. The Balaban J connectivity index is 0.533. The Morgan fingerprint density at radius 2 is 1.59 bits per heavy atom. The van der Waals surface area contributed by atoms with Crippen LogP contribution in [0.5, 0.6) is 11.5 Å². The Kier molecular flexibility index (Phi) is 26.3. The number of aryl methyl sites for hydroxylation is 2. The highest BCUT2D eigenvalue weighted by Crippen LogP contribution is 2.49. The van der Waals surface area contributed by atoms with Gasteiger partial charge in [-0.3, -0.25) is 9.36 Å². The molecule has 0 spiro atoms. The van der Waals surface area contributed by atoms with E-state index in [0.717, 1.165) is 105 Å². The van der Waals surface area contributed by atoms with E-state index < -0.39 is 32.5 Å². The lowest BCUT2D eigenvalue weighted by atomic mass is 9.81. The van der Waals surface area contributed by atoms with Gasteiger partial charge in [-0.1, -0.05) is 55.0 Å². The number of carboxylic acid groups (broad SMARTS) is 1. The number of benzene rings is 3. The number of ether oxygens (including phenoxy) is 8. The molecule has 7 N–H and O–H groups in total. The van der Waals surface area contributed by atoms with Gasteiger partial charge in [-0.25, -0.2) is 28.9 Å². The highest BCUT2D eigenvalue weighted by atomic mass is 33.1. The predicted molar refractivity (Wildman–Crippen MR) is 380 cm³/mol. The fourth-order valence-electron chi connectivity index (χ4n) is 13.5. The third kappa shape index (κ3) is 18.6. The molecule has 1 fully saturated rings. The van der Waals surface area contributed by atoms with Crippen LogP contribution in [-0.4, -0.2) is 188 Å². The van der Waals surface area contributed by atoms with Crippen LogP contribution in [-0.2, 0) is 74.5 Å². The number of carbonyl (C=O) groups is 4. The van der Waals surface area contributed by atoms with E-state index in [1.54, 1.807) is 67.6 Å². The Morgan fingerprint density at radius 1 is 0.837 bits per heavy atom. The van der Waals surface area contributed by atoms with Gasteiger partial charge >= 0.3 is 26.4 Å². The van der Waals surface area contributed by atoms with E-state index in [4.69, 9.17) is 48.2 Å². The summed E-state index contributed by atoms with van der Waals surface area (Å²) in [6, 6.07) is 9.36. The molecular weight excluding hydrogens is 1360 g/mol. The fraction of sp³-hybridized carbons (Fsp3) is 0.544. The summed E-state index contributed by atoms with van der Waals surface area (Å²) in [5, 5.41) is 21.8. The number of fused-ring (bicyclic) bond motifs is 5. The van der Waals surface area contributed by atoms with Gasteiger partial charge in [0.25, 0.3) is 5.91 Å². The van der Waals surface area contributed by atoms with Crippen molar-refractivity contribution in [2.75, 3.05) is 127 Å². The molecule has 11 rings (SSSR count). The number of rotatable bonds is 34. The van der Waals surface area contributed by atoms with E-state index in [2.05, 4.69) is 73.2 Å². The molecule has 0 aliphatic carbocycles. The molecule has 25 nitrogen and oxygen atoms in total. The van der Waals surface area contributed by atoms with E-state index in [0.29, 0.717) is 78.4 Å². The molecule has 528 valence electrons. The molecule has 0 saturated carbocycles. The van der Waals surface area contributed by atoms with Crippen LogP contribution in [0.1, 0.15) is 125 Å².